The lowest BCUT2D eigenvalue weighted by Gasteiger charge is -2.27. The van der Waals surface area contributed by atoms with Crippen LogP contribution in [-0.4, -0.2) is 47.2 Å². The third-order valence-electron chi connectivity index (χ3n) is 4.34. The van der Waals surface area contributed by atoms with Crippen LogP contribution in [0.4, 0.5) is 0 Å². The summed E-state index contributed by atoms with van der Waals surface area (Å²) in [5.74, 6) is 0.801. The number of fused-ring (bicyclic) bond motifs is 1. The van der Waals surface area contributed by atoms with Crippen molar-refractivity contribution in [1.29, 1.82) is 0 Å². The number of aromatic amines is 1. The largest absolute Gasteiger partial charge is 0.497 e. The first kappa shape index (κ1) is 16.2. The molecule has 0 saturated heterocycles. The van der Waals surface area contributed by atoms with Crippen LogP contribution in [0.15, 0.2) is 46.5 Å². The van der Waals surface area contributed by atoms with Gasteiger partial charge in [-0.3, -0.25) is 9.79 Å². The van der Waals surface area contributed by atoms with E-state index < -0.39 is 0 Å². The maximum atomic E-state index is 12.9. The van der Waals surface area contributed by atoms with Crippen molar-refractivity contribution in [1.82, 2.24) is 14.9 Å². The van der Waals surface area contributed by atoms with Crippen LogP contribution in [0.25, 0.3) is 0 Å². The Morgan fingerprint density at radius 2 is 2.29 bits per heavy atom. The van der Waals surface area contributed by atoms with Crippen LogP contribution in [-0.2, 0) is 22.5 Å². The Balaban J connectivity index is 1.82. The zero-order valence-electron chi connectivity index (χ0n) is 14.1. The molecule has 1 aromatic heterocycles. The number of allylic oxidation sites excluding steroid dienone is 3. The molecule has 1 N–H and O–H groups in total. The number of carbonyl (C=O) groups is 1. The Hall–Kier alpha value is -2.63. The van der Waals surface area contributed by atoms with E-state index in [2.05, 4.69) is 15.0 Å². The van der Waals surface area contributed by atoms with E-state index in [1.807, 2.05) is 30.1 Å². The number of dihydropyridines is 1. The molecule has 0 bridgehead atoms. The summed E-state index contributed by atoms with van der Waals surface area (Å²) < 4.78 is 5.24. The molecule has 0 fully saturated rings. The predicted molar refractivity (Wildman–Crippen MR) is 92.6 cm³/mol. The van der Waals surface area contributed by atoms with Crippen LogP contribution in [0, 0.1) is 0 Å². The number of amides is 1. The molecule has 0 aliphatic carbocycles. The number of aromatic nitrogens is 2. The van der Waals surface area contributed by atoms with Crippen molar-refractivity contribution >= 4 is 12.1 Å². The quantitative estimate of drug-likeness (QED) is 0.681. The van der Waals surface area contributed by atoms with Gasteiger partial charge < -0.3 is 14.6 Å². The van der Waals surface area contributed by atoms with Crippen LogP contribution in [0.3, 0.4) is 0 Å². The standard InChI is InChI=1S/C18H22N4O2/c1-3-14(24-2)5-4-13-6-8-19-10-15(13)18(23)22-9-7-16-17(11-22)21-12-20-16/h3-5,10,12H,6-9,11H2,1-2H3,(H,20,21)/b5-4-,14-3+. The number of rotatable bonds is 4. The number of hydrogen-bond acceptors (Lipinski definition) is 4. The molecule has 0 aromatic carbocycles. The molecule has 24 heavy (non-hydrogen) atoms. The molecule has 1 aromatic rings. The molecule has 0 unspecified atom stereocenters. The smallest absolute Gasteiger partial charge is 0.256 e. The van der Waals surface area contributed by atoms with Gasteiger partial charge in [-0.15, -0.1) is 0 Å². The number of imidazole rings is 1. The molecule has 0 atom stereocenters. The van der Waals surface area contributed by atoms with Gasteiger partial charge in [0, 0.05) is 25.7 Å². The van der Waals surface area contributed by atoms with Crippen molar-refractivity contribution in [2.45, 2.75) is 26.3 Å². The van der Waals surface area contributed by atoms with Gasteiger partial charge in [-0.2, -0.15) is 0 Å². The molecule has 0 spiro atoms. The monoisotopic (exact) mass is 326 g/mol. The van der Waals surface area contributed by atoms with E-state index in [1.54, 1.807) is 19.7 Å². The number of H-pyrrole nitrogens is 1. The number of hydrogen-bond donors (Lipinski definition) is 1. The van der Waals surface area contributed by atoms with Gasteiger partial charge in [-0.1, -0.05) is 6.08 Å². The first-order valence-electron chi connectivity index (χ1n) is 8.14. The average Bonchev–Trinajstić information content (AvgIpc) is 3.10. The highest BCUT2D eigenvalue weighted by Gasteiger charge is 2.26. The topological polar surface area (TPSA) is 70.6 Å². The minimum Gasteiger partial charge on any atom is -0.497 e. The van der Waals surface area contributed by atoms with Gasteiger partial charge in [0.15, 0.2) is 0 Å². The summed E-state index contributed by atoms with van der Waals surface area (Å²) in [6.45, 7) is 3.88. The Bertz CT molecular complexity index is 740. The third-order valence-corrected chi connectivity index (χ3v) is 4.34. The van der Waals surface area contributed by atoms with E-state index in [9.17, 15) is 4.79 Å². The lowest BCUT2D eigenvalue weighted by Crippen LogP contribution is -2.38. The Kier molecular flexibility index (Phi) is 4.93. The van der Waals surface area contributed by atoms with E-state index in [4.69, 9.17) is 4.74 Å². The van der Waals surface area contributed by atoms with Gasteiger partial charge >= 0.3 is 0 Å². The van der Waals surface area contributed by atoms with Gasteiger partial charge in [0.05, 0.1) is 36.9 Å². The second kappa shape index (κ2) is 7.29. The molecule has 6 heteroatoms. The Morgan fingerprint density at radius 1 is 1.42 bits per heavy atom. The summed E-state index contributed by atoms with van der Waals surface area (Å²) in [7, 11) is 1.64. The molecule has 1 amide bonds. The van der Waals surface area contributed by atoms with Gasteiger partial charge in [0.2, 0.25) is 0 Å². The number of carbonyl (C=O) groups excluding carboxylic acids is 1. The molecule has 0 radical (unpaired) electrons. The van der Waals surface area contributed by atoms with Gasteiger partial charge in [-0.25, -0.2) is 4.98 Å². The lowest BCUT2D eigenvalue weighted by molar-refractivity contribution is -0.127. The van der Waals surface area contributed by atoms with Crippen molar-refractivity contribution in [2.75, 3.05) is 20.2 Å². The average molecular weight is 326 g/mol. The lowest BCUT2D eigenvalue weighted by atomic mass is 10.0. The van der Waals surface area contributed by atoms with Gasteiger partial charge in [0.1, 0.15) is 5.76 Å². The Labute approximate surface area is 141 Å². The fourth-order valence-electron chi connectivity index (χ4n) is 2.95. The van der Waals surface area contributed by atoms with Crippen molar-refractivity contribution in [2.24, 2.45) is 4.99 Å². The normalized spacial score (nSPS) is 18.2. The summed E-state index contributed by atoms with van der Waals surface area (Å²) >= 11 is 0. The summed E-state index contributed by atoms with van der Waals surface area (Å²) in [5, 5.41) is 0. The van der Waals surface area contributed by atoms with Crippen LogP contribution < -0.4 is 0 Å². The summed E-state index contributed by atoms with van der Waals surface area (Å²) in [6, 6.07) is 0. The number of nitrogens with zero attached hydrogens (tertiary/aromatic N) is 3. The van der Waals surface area contributed by atoms with E-state index in [1.165, 1.54) is 0 Å². The molecule has 6 nitrogen and oxygen atoms in total. The first-order valence-corrected chi connectivity index (χ1v) is 8.14. The molecular formula is C18H22N4O2. The zero-order valence-corrected chi connectivity index (χ0v) is 14.1. The van der Waals surface area contributed by atoms with Gasteiger partial charge in [0.25, 0.3) is 5.91 Å². The number of methoxy groups -OCH3 is 1. The molecule has 3 heterocycles. The van der Waals surface area contributed by atoms with Crippen molar-refractivity contribution in [3.8, 4) is 0 Å². The molecular weight excluding hydrogens is 304 g/mol. The summed E-state index contributed by atoms with van der Waals surface area (Å²) in [5.41, 5.74) is 3.76. The van der Waals surface area contributed by atoms with Crippen LogP contribution in [0.2, 0.25) is 0 Å². The highest BCUT2D eigenvalue weighted by atomic mass is 16.5. The zero-order chi connectivity index (χ0) is 16.9. The number of aliphatic imine (C=N–C) groups is 1. The van der Waals surface area contributed by atoms with E-state index in [0.717, 1.165) is 35.6 Å². The SMILES string of the molecule is C/C=C(\C=C/C1=C(C(=O)N2CCc3nc[nH]c3C2)C=NCC1)OC. The van der Waals surface area contributed by atoms with Crippen molar-refractivity contribution < 1.29 is 9.53 Å². The van der Waals surface area contributed by atoms with E-state index >= 15 is 0 Å². The summed E-state index contributed by atoms with van der Waals surface area (Å²) in [6.07, 6.45) is 10.7. The number of nitrogens with one attached hydrogen (secondary N) is 1. The third kappa shape index (κ3) is 3.32. The predicted octanol–water partition coefficient (Wildman–Crippen LogP) is 2.17. The van der Waals surface area contributed by atoms with Crippen LogP contribution in [0.5, 0.6) is 0 Å². The molecule has 0 saturated carbocycles. The fourth-order valence-corrected chi connectivity index (χ4v) is 2.95. The summed E-state index contributed by atoms with van der Waals surface area (Å²) in [4.78, 5) is 26.5. The molecule has 3 rings (SSSR count). The van der Waals surface area contributed by atoms with Gasteiger partial charge in [-0.05, 0) is 31.1 Å². The molecule has 126 valence electrons. The maximum Gasteiger partial charge on any atom is 0.256 e. The molecule has 2 aliphatic heterocycles. The van der Waals surface area contributed by atoms with Crippen molar-refractivity contribution in [3.63, 3.8) is 0 Å². The van der Waals surface area contributed by atoms with Crippen molar-refractivity contribution in [3.05, 3.63) is 52.8 Å². The maximum absolute atomic E-state index is 12.9. The van der Waals surface area contributed by atoms with Crippen LogP contribution >= 0.6 is 0 Å². The highest BCUT2D eigenvalue weighted by Crippen LogP contribution is 2.21. The minimum absolute atomic E-state index is 0.0257. The number of ether oxygens (including phenoxy) is 1. The van der Waals surface area contributed by atoms with E-state index in [-0.39, 0.29) is 5.91 Å². The second-order valence-corrected chi connectivity index (χ2v) is 5.76. The van der Waals surface area contributed by atoms with Crippen LogP contribution in [0.1, 0.15) is 24.7 Å². The second-order valence-electron chi connectivity index (χ2n) is 5.76. The fraction of sp³-hybridized carbons (Fsp3) is 0.389. The highest BCUT2D eigenvalue weighted by molar-refractivity contribution is 6.13. The first-order chi connectivity index (χ1) is 11.7. The van der Waals surface area contributed by atoms with E-state index in [0.29, 0.717) is 25.2 Å². The minimum atomic E-state index is 0.0257. The molecule has 2 aliphatic rings. The Morgan fingerprint density at radius 3 is 3.08 bits per heavy atom.